The molecule has 0 saturated carbocycles. The molecule has 7 aromatic rings. The fourth-order valence-electron chi connectivity index (χ4n) is 4.82. The van der Waals surface area contributed by atoms with Gasteiger partial charge in [-0.15, -0.1) is 0 Å². The first-order chi connectivity index (χ1) is 17.8. The summed E-state index contributed by atoms with van der Waals surface area (Å²) < 4.78 is 2.09. The summed E-state index contributed by atoms with van der Waals surface area (Å²) in [5.41, 5.74) is 6.97. The Morgan fingerprint density at radius 2 is 1.36 bits per heavy atom. The smallest absolute Gasteiger partial charge is 0.145 e. The van der Waals surface area contributed by atoms with Crippen LogP contribution in [0.1, 0.15) is 0 Å². The number of imidazole rings is 1. The van der Waals surface area contributed by atoms with Gasteiger partial charge in [0.25, 0.3) is 0 Å². The Hall–Kier alpha value is -5.03. The molecule has 0 amide bonds. The summed E-state index contributed by atoms with van der Waals surface area (Å²) in [5.74, 6) is 0.932. The molecule has 0 bridgehead atoms. The minimum absolute atomic E-state index is 0.162. The van der Waals surface area contributed by atoms with E-state index in [2.05, 4.69) is 52.0 Å². The van der Waals surface area contributed by atoms with Gasteiger partial charge in [0.1, 0.15) is 17.1 Å². The second-order valence-electron chi connectivity index (χ2n) is 8.74. The third-order valence-corrected chi connectivity index (χ3v) is 6.53. The molecule has 36 heavy (non-hydrogen) atoms. The van der Waals surface area contributed by atoms with Crippen LogP contribution in [0.3, 0.4) is 0 Å². The van der Waals surface area contributed by atoms with Crippen LogP contribution in [-0.2, 0) is 0 Å². The van der Waals surface area contributed by atoms with Crippen molar-refractivity contribution in [2.75, 3.05) is 0 Å². The Morgan fingerprint density at radius 3 is 2.25 bits per heavy atom. The number of pyridine rings is 2. The number of hydrogen-bond acceptors (Lipinski definition) is 4. The maximum absolute atomic E-state index is 10.5. The number of hydrogen-bond donors (Lipinski definition) is 1. The molecule has 3 aromatic heterocycles. The van der Waals surface area contributed by atoms with E-state index in [0.29, 0.717) is 5.52 Å². The summed E-state index contributed by atoms with van der Waals surface area (Å²) in [5, 5.41) is 12.7. The van der Waals surface area contributed by atoms with Gasteiger partial charge in [-0.1, -0.05) is 72.8 Å². The second-order valence-corrected chi connectivity index (χ2v) is 8.74. The van der Waals surface area contributed by atoms with E-state index < -0.39 is 0 Å². The molecule has 0 fully saturated rings. The van der Waals surface area contributed by atoms with Crippen LogP contribution in [0, 0.1) is 0 Å². The van der Waals surface area contributed by atoms with E-state index in [4.69, 9.17) is 9.97 Å². The molecule has 5 heteroatoms. The second kappa shape index (κ2) is 8.03. The Balaban J connectivity index is 1.44. The Bertz CT molecular complexity index is 1910. The van der Waals surface area contributed by atoms with Crippen LogP contribution < -0.4 is 0 Å². The quantitative estimate of drug-likeness (QED) is 0.282. The van der Waals surface area contributed by atoms with E-state index in [0.717, 1.165) is 55.7 Å². The van der Waals surface area contributed by atoms with Gasteiger partial charge in [-0.05, 0) is 36.4 Å². The van der Waals surface area contributed by atoms with Crippen molar-refractivity contribution in [3.05, 3.63) is 115 Å². The predicted molar refractivity (Wildman–Crippen MR) is 144 cm³/mol. The van der Waals surface area contributed by atoms with E-state index in [9.17, 15) is 5.11 Å². The first kappa shape index (κ1) is 20.4. The number of aromatic nitrogens is 4. The number of aromatic hydroxyl groups is 1. The summed E-state index contributed by atoms with van der Waals surface area (Å²) in [6.07, 6.45) is 1.81. The van der Waals surface area contributed by atoms with E-state index in [1.165, 1.54) is 0 Å². The highest BCUT2D eigenvalue weighted by Gasteiger charge is 2.17. The van der Waals surface area contributed by atoms with Gasteiger partial charge in [0.05, 0.1) is 22.2 Å². The molecular formula is C31H20N4O. The average Bonchev–Trinajstić information content (AvgIpc) is 3.34. The van der Waals surface area contributed by atoms with Gasteiger partial charge in [0.15, 0.2) is 0 Å². The van der Waals surface area contributed by atoms with Gasteiger partial charge >= 0.3 is 0 Å². The van der Waals surface area contributed by atoms with E-state index in [-0.39, 0.29) is 5.75 Å². The molecule has 3 heterocycles. The minimum atomic E-state index is 0.162. The number of rotatable bonds is 3. The van der Waals surface area contributed by atoms with Crippen LogP contribution in [0.25, 0.3) is 61.2 Å². The van der Waals surface area contributed by atoms with Crippen LogP contribution in [0.5, 0.6) is 5.75 Å². The molecule has 0 spiro atoms. The van der Waals surface area contributed by atoms with E-state index >= 15 is 0 Å². The molecular weight excluding hydrogens is 444 g/mol. The molecule has 0 saturated heterocycles. The summed E-state index contributed by atoms with van der Waals surface area (Å²) in [6.45, 7) is 0. The zero-order valence-electron chi connectivity index (χ0n) is 19.2. The maximum Gasteiger partial charge on any atom is 0.145 e. The SMILES string of the molecule is Oc1cccc2c1nc(-c1ccccc1)n2-c1cccc(-c2ccc3ccc4cccnc4c3n2)c1. The molecule has 170 valence electrons. The van der Waals surface area contributed by atoms with Gasteiger partial charge in [0.2, 0.25) is 0 Å². The largest absolute Gasteiger partial charge is 0.506 e. The third-order valence-electron chi connectivity index (χ3n) is 6.53. The number of nitrogens with zero attached hydrogens (tertiary/aromatic N) is 4. The van der Waals surface area contributed by atoms with Gasteiger partial charge in [-0.3, -0.25) is 9.55 Å². The van der Waals surface area contributed by atoms with Crippen molar-refractivity contribution >= 4 is 32.8 Å². The first-order valence-electron chi connectivity index (χ1n) is 11.8. The van der Waals surface area contributed by atoms with Crippen molar-refractivity contribution in [1.82, 2.24) is 19.5 Å². The van der Waals surface area contributed by atoms with Crippen molar-refractivity contribution in [3.63, 3.8) is 0 Å². The molecule has 0 radical (unpaired) electrons. The van der Waals surface area contributed by atoms with Gasteiger partial charge < -0.3 is 5.11 Å². The first-order valence-corrected chi connectivity index (χ1v) is 11.8. The molecule has 1 N–H and O–H groups in total. The van der Waals surface area contributed by atoms with Crippen LogP contribution >= 0.6 is 0 Å². The van der Waals surface area contributed by atoms with Crippen LogP contribution in [-0.4, -0.2) is 24.6 Å². The van der Waals surface area contributed by atoms with Crippen molar-refractivity contribution in [2.45, 2.75) is 0 Å². The van der Waals surface area contributed by atoms with Crippen molar-refractivity contribution in [1.29, 1.82) is 0 Å². The monoisotopic (exact) mass is 464 g/mol. The predicted octanol–water partition coefficient (Wildman–Crippen LogP) is 7.16. The van der Waals surface area contributed by atoms with Crippen LogP contribution in [0.4, 0.5) is 0 Å². The standard InChI is InChI=1S/C31H20N4O/c36-27-13-5-12-26-30(27)34-31(22-7-2-1-3-8-22)35(26)24-11-4-9-23(19-24)25-17-16-21-15-14-20-10-6-18-32-28(20)29(21)33-25/h1-19,36H. The Morgan fingerprint density at radius 1 is 0.583 bits per heavy atom. The highest BCUT2D eigenvalue weighted by atomic mass is 16.3. The average molecular weight is 465 g/mol. The lowest BCUT2D eigenvalue weighted by molar-refractivity contribution is 0.480. The minimum Gasteiger partial charge on any atom is -0.506 e. The Labute approximate surface area is 207 Å². The number of phenols is 1. The number of para-hydroxylation sites is 1. The lowest BCUT2D eigenvalue weighted by atomic mass is 10.1. The normalized spacial score (nSPS) is 11.4. The summed E-state index contributed by atoms with van der Waals surface area (Å²) in [4.78, 5) is 14.4. The lowest BCUT2D eigenvalue weighted by Crippen LogP contribution is -1.98. The molecule has 0 aliphatic carbocycles. The molecule has 7 rings (SSSR count). The van der Waals surface area contributed by atoms with Crippen molar-refractivity contribution in [3.8, 4) is 34.1 Å². The van der Waals surface area contributed by atoms with Gasteiger partial charge in [-0.25, -0.2) is 9.97 Å². The molecule has 0 aliphatic heterocycles. The molecule has 5 nitrogen and oxygen atoms in total. The number of phenolic OH excluding ortho intramolecular Hbond substituents is 1. The zero-order chi connectivity index (χ0) is 24.1. The van der Waals surface area contributed by atoms with Crippen molar-refractivity contribution in [2.24, 2.45) is 0 Å². The van der Waals surface area contributed by atoms with E-state index in [1.54, 1.807) is 12.3 Å². The number of fused-ring (bicyclic) bond motifs is 4. The summed E-state index contributed by atoms with van der Waals surface area (Å²) in [6, 6.07) is 36.1. The highest BCUT2D eigenvalue weighted by Crippen LogP contribution is 2.34. The fourth-order valence-corrected chi connectivity index (χ4v) is 4.82. The molecule has 4 aromatic carbocycles. The summed E-state index contributed by atoms with van der Waals surface area (Å²) in [7, 11) is 0. The van der Waals surface area contributed by atoms with Crippen molar-refractivity contribution < 1.29 is 5.11 Å². The lowest BCUT2D eigenvalue weighted by Gasteiger charge is -2.12. The van der Waals surface area contributed by atoms with Gasteiger partial charge in [-0.2, -0.15) is 0 Å². The van der Waals surface area contributed by atoms with E-state index in [1.807, 2.05) is 60.7 Å². The maximum atomic E-state index is 10.5. The summed E-state index contributed by atoms with van der Waals surface area (Å²) >= 11 is 0. The highest BCUT2D eigenvalue weighted by molar-refractivity contribution is 6.03. The fraction of sp³-hybridized carbons (Fsp3) is 0. The third kappa shape index (κ3) is 3.21. The topological polar surface area (TPSA) is 63.8 Å². The Kier molecular flexibility index (Phi) is 4.54. The van der Waals surface area contributed by atoms with Crippen LogP contribution in [0.2, 0.25) is 0 Å². The molecule has 0 atom stereocenters. The van der Waals surface area contributed by atoms with Crippen LogP contribution in [0.15, 0.2) is 115 Å². The number of benzene rings is 4. The van der Waals surface area contributed by atoms with Gasteiger partial charge in [0, 0.05) is 33.8 Å². The molecule has 0 aliphatic rings. The zero-order valence-corrected chi connectivity index (χ0v) is 19.2. The molecule has 0 unspecified atom stereocenters.